The van der Waals surface area contributed by atoms with Gasteiger partial charge < -0.3 is 10.1 Å². The number of hydrogen-bond donors (Lipinski definition) is 1. The monoisotopic (exact) mass is 392 g/mol. The smallest absolute Gasteiger partial charge is 0.341 e. The Morgan fingerprint density at radius 3 is 2.52 bits per heavy atom. The standard InChI is InChI=1S/C19H24N2O5S/c1-2-26-19(25)17-12-6-3-4-7-13(12)27-18(17)20-14(22)8-5-11-21-15(23)9-10-16(21)24/h2-11H2,1H3,(H,20,22). The molecule has 0 aromatic carbocycles. The molecule has 2 aliphatic rings. The summed E-state index contributed by atoms with van der Waals surface area (Å²) in [6.45, 7) is 2.31. The number of thiophene rings is 1. The van der Waals surface area contributed by atoms with Gasteiger partial charge in [0.1, 0.15) is 5.00 Å². The van der Waals surface area contributed by atoms with Crippen LogP contribution in [0.1, 0.15) is 66.2 Å². The molecule has 1 saturated heterocycles. The minimum atomic E-state index is -0.388. The van der Waals surface area contributed by atoms with Crippen molar-refractivity contribution in [3.8, 4) is 0 Å². The Hall–Kier alpha value is -2.22. The number of rotatable bonds is 7. The fourth-order valence-electron chi connectivity index (χ4n) is 3.53. The van der Waals surface area contributed by atoms with Gasteiger partial charge in [-0.25, -0.2) is 4.79 Å². The molecule has 146 valence electrons. The summed E-state index contributed by atoms with van der Waals surface area (Å²) in [6, 6.07) is 0. The van der Waals surface area contributed by atoms with Gasteiger partial charge in [0.15, 0.2) is 0 Å². The molecule has 0 unspecified atom stereocenters. The lowest BCUT2D eigenvalue weighted by Crippen LogP contribution is -2.30. The van der Waals surface area contributed by atoms with Gasteiger partial charge in [0.25, 0.3) is 0 Å². The van der Waals surface area contributed by atoms with E-state index in [1.165, 1.54) is 16.2 Å². The molecule has 2 heterocycles. The molecule has 1 aromatic rings. The third-order valence-electron chi connectivity index (χ3n) is 4.84. The molecule has 8 heteroatoms. The number of fused-ring (bicyclic) bond motifs is 1. The minimum absolute atomic E-state index is 0.170. The van der Waals surface area contributed by atoms with Crippen molar-refractivity contribution in [1.29, 1.82) is 0 Å². The molecule has 7 nitrogen and oxygen atoms in total. The van der Waals surface area contributed by atoms with E-state index in [0.29, 0.717) is 17.0 Å². The maximum absolute atomic E-state index is 12.4. The summed E-state index contributed by atoms with van der Waals surface area (Å²) < 4.78 is 5.18. The summed E-state index contributed by atoms with van der Waals surface area (Å²) in [7, 11) is 0. The van der Waals surface area contributed by atoms with Crippen molar-refractivity contribution in [3.05, 3.63) is 16.0 Å². The molecule has 1 aliphatic heterocycles. The zero-order chi connectivity index (χ0) is 19.4. The number of nitrogens with one attached hydrogen (secondary N) is 1. The Bertz CT molecular complexity index is 754. The lowest BCUT2D eigenvalue weighted by Gasteiger charge is -2.13. The largest absolute Gasteiger partial charge is 0.462 e. The molecule has 1 aliphatic carbocycles. The van der Waals surface area contributed by atoms with Crippen molar-refractivity contribution in [2.24, 2.45) is 0 Å². The molecule has 0 saturated carbocycles. The first-order valence-corrected chi connectivity index (χ1v) is 10.3. The first kappa shape index (κ1) is 19.5. The van der Waals surface area contributed by atoms with E-state index in [0.717, 1.165) is 36.1 Å². The topological polar surface area (TPSA) is 92.8 Å². The van der Waals surface area contributed by atoms with Crippen LogP contribution in [0.15, 0.2) is 0 Å². The number of hydrogen-bond acceptors (Lipinski definition) is 6. The van der Waals surface area contributed by atoms with Crippen LogP contribution in [0.2, 0.25) is 0 Å². The van der Waals surface area contributed by atoms with Gasteiger partial charge in [-0.15, -0.1) is 11.3 Å². The highest BCUT2D eigenvalue weighted by Crippen LogP contribution is 2.38. The second-order valence-corrected chi connectivity index (χ2v) is 7.83. The molecule has 27 heavy (non-hydrogen) atoms. The zero-order valence-corrected chi connectivity index (χ0v) is 16.3. The van der Waals surface area contributed by atoms with Gasteiger partial charge in [-0.05, 0) is 44.6 Å². The van der Waals surface area contributed by atoms with E-state index < -0.39 is 0 Å². The van der Waals surface area contributed by atoms with E-state index in [1.807, 2.05) is 0 Å². The summed E-state index contributed by atoms with van der Waals surface area (Å²) >= 11 is 1.45. The summed E-state index contributed by atoms with van der Waals surface area (Å²) in [6.07, 6.45) is 4.97. The Morgan fingerprint density at radius 1 is 1.11 bits per heavy atom. The van der Waals surface area contributed by atoms with Crippen LogP contribution in [0.25, 0.3) is 0 Å². The van der Waals surface area contributed by atoms with Crippen LogP contribution in [0.3, 0.4) is 0 Å². The molecule has 1 fully saturated rings. The molecular formula is C19H24N2O5S. The van der Waals surface area contributed by atoms with Gasteiger partial charge >= 0.3 is 5.97 Å². The molecule has 0 radical (unpaired) electrons. The molecular weight excluding hydrogens is 368 g/mol. The summed E-state index contributed by atoms with van der Waals surface area (Å²) in [5, 5.41) is 3.40. The van der Waals surface area contributed by atoms with Gasteiger partial charge in [0.05, 0.1) is 12.2 Å². The van der Waals surface area contributed by atoms with Crippen LogP contribution in [0.4, 0.5) is 5.00 Å². The Morgan fingerprint density at radius 2 is 1.81 bits per heavy atom. The van der Waals surface area contributed by atoms with Gasteiger partial charge in [0, 0.05) is 30.7 Å². The van der Waals surface area contributed by atoms with Crippen LogP contribution in [-0.2, 0) is 32.0 Å². The number of anilines is 1. The number of amides is 3. The van der Waals surface area contributed by atoms with E-state index in [4.69, 9.17) is 4.74 Å². The maximum atomic E-state index is 12.4. The average Bonchev–Trinajstić information content (AvgIpc) is 3.15. The number of nitrogens with zero attached hydrogens (tertiary/aromatic N) is 1. The van der Waals surface area contributed by atoms with Gasteiger partial charge in [-0.2, -0.15) is 0 Å². The highest BCUT2D eigenvalue weighted by Gasteiger charge is 2.29. The van der Waals surface area contributed by atoms with E-state index in [2.05, 4.69) is 5.32 Å². The van der Waals surface area contributed by atoms with Crippen LogP contribution < -0.4 is 5.32 Å². The Labute approximate surface area is 162 Å². The van der Waals surface area contributed by atoms with Crippen molar-refractivity contribution in [3.63, 3.8) is 0 Å². The number of carbonyl (C=O) groups is 4. The van der Waals surface area contributed by atoms with E-state index in [9.17, 15) is 19.2 Å². The van der Waals surface area contributed by atoms with Crippen molar-refractivity contribution < 1.29 is 23.9 Å². The second kappa shape index (κ2) is 8.65. The van der Waals surface area contributed by atoms with Crippen LogP contribution in [0, 0.1) is 0 Å². The van der Waals surface area contributed by atoms with E-state index in [-0.39, 0.29) is 56.1 Å². The molecule has 3 rings (SSSR count). The number of carbonyl (C=O) groups excluding carboxylic acids is 4. The molecule has 0 bridgehead atoms. The third-order valence-corrected chi connectivity index (χ3v) is 6.05. The Kier molecular flexibility index (Phi) is 6.26. The number of aryl methyl sites for hydroxylation is 1. The highest BCUT2D eigenvalue weighted by atomic mass is 32.1. The number of likely N-dealkylation sites (tertiary alicyclic amines) is 1. The fourth-order valence-corrected chi connectivity index (χ4v) is 4.83. The van der Waals surface area contributed by atoms with Crippen LogP contribution >= 0.6 is 11.3 Å². The molecule has 1 N–H and O–H groups in total. The van der Waals surface area contributed by atoms with Crippen LogP contribution in [0.5, 0.6) is 0 Å². The third kappa shape index (κ3) is 4.37. The lowest BCUT2D eigenvalue weighted by molar-refractivity contribution is -0.138. The Balaban J connectivity index is 1.63. The summed E-state index contributed by atoms with van der Waals surface area (Å²) in [4.78, 5) is 50.3. The normalized spacial score (nSPS) is 16.4. The van der Waals surface area contributed by atoms with Gasteiger partial charge in [0.2, 0.25) is 17.7 Å². The number of ether oxygens (including phenoxy) is 1. The van der Waals surface area contributed by atoms with Crippen molar-refractivity contribution >= 4 is 40.0 Å². The van der Waals surface area contributed by atoms with E-state index in [1.54, 1.807) is 6.92 Å². The average molecular weight is 392 g/mol. The maximum Gasteiger partial charge on any atom is 0.341 e. The quantitative estimate of drug-likeness (QED) is 0.569. The second-order valence-electron chi connectivity index (χ2n) is 6.73. The first-order chi connectivity index (χ1) is 13.0. The summed E-state index contributed by atoms with van der Waals surface area (Å²) in [5.41, 5.74) is 1.50. The molecule has 3 amide bonds. The molecule has 1 aromatic heterocycles. The van der Waals surface area contributed by atoms with Crippen molar-refractivity contribution in [2.45, 2.75) is 58.3 Å². The number of esters is 1. The molecule has 0 atom stereocenters. The van der Waals surface area contributed by atoms with Crippen molar-refractivity contribution in [1.82, 2.24) is 4.90 Å². The SMILES string of the molecule is CCOC(=O)c1c(NC(=O)CCCN2C(=O)CCC2=O)sc2c1CCCC2. The van der Waals surface area contributed by atoms with E-state index >= 15 is 0 Å². The minimum Gasteiger partial charge on any atom is -0.462 e. The first-order valence-electron chi connectivity index (χ1n) is 9.46. The zero-order valence-electron chi connectivity index (χ0n) is 15.5. The molecule has 0 spiro atoms. The fraction of sp³-hybridized carbons (Fsp3) is 0.579. The van der Waals surface area contributed by atoms with Gasteiger partial charge in [-0.3, -0.25) is 19.3 Å². The number of imide groups is 1. The summed E-state index contributed by atoms with van der Waals surface area (Å²) in [5.74, 6) is -0.953. The lowest BCUT2D eigenvalue weighted by atomic mass is 9.95. The highest BCUT2D eigenvalue weighted by molar-refractivity contribution is 7.17. The van der Waals surface area contributed by atoms with Gasteiger partial charge in [-0.1, -0.05) is 0 Å². The van der Waals surface area contributed by atoms with Crippen molar-refractivity contribution in [2.75, 3.05) is 18.5 Å². The predicted octanol–water partition coefficient (Wildman–Crippen LogP) is 2.67. The van der Waals surface area contributed by atoms with Crippen LogP contribution in [-0.4, -0.2) is 41.7 Å². The predicted molar refractivity (Wildman–Crippen MR) is 101 cm³/mol.